The van der Waals surface area contributed by atoms with Gasteiger partial charge in [0, 0.05) is 6.42 Å². The molecule has 0 saturated carbocycles. The highest BCUT2D eigenvalue weighted by Crippen LogP contribution is 2.31. The summed E-state index contributed by atoms with van der Waals surface area (Å²) in [5, 5.41) is 0. The van der Waals surface area contributed by atoms with Crippen LogP contribution in [0.15, 0.2) is 24.3 Å². The quantitative estimate of drug-likeness (QED) is 0.794. The lowest BCUT2D eigenvalue weighted by Gasteiger charge is -2.24. The SMILES string of the molecule is O=C1CCC(c2cccc(C(F)(F)F)c2)NN1. The second kappa shape index (κ2) is 4.37. The summed E-state index contributed by atoms with van der Waals surface area (Å²) >= 11 is 0. The van der Waals surface area contributed by atoms with Crippen LogP contribution in [0.1, 0.15) is 30.0 Å². The Labute approximate surface area is 96.0 Å². The van der Waals surface area contributed by atoms with Crippen LogP contribution in [0.5, 0.6) is 0 Å². The summed E-state index contributed by atoms with van der Waals surface area (Å²) in [6.45, 7) is 0. The second-order valence-electron chi connectivity index (χ2n) is 3.91. The van der Waals surface area contributed by atoms with Gasteiger partial charge in [-0.05, 0) is 24.1 Å². The van der Waals surface area contributed by atoms with Crippen molar-refractivity contribution in [3.05, 3.63) is 35.4 Å². The van der Waals surface area contributed by atoms with Gasteiger partial charge >= 0.3 is 6.18 Å². The molecule has 1 fully saturated rings. The lowest BCUT2D eigenvalue weighted by Crippen LogP contribution is -2.44. The van der Waals surface area contributed by atoms with E-state index in [1.165, 1.54) is 6.07 Å². The van der Waals surface area contributed by atoms with Gasteiger partial charge in [0.2, 0.25) is 5.91 Å². The summed E-state index contributed by atoms with van der Waals surface area (Å²) in [7, 11) is 0. The topological polar surface area (TPSA) is 41.1 Å². The molecule has 1 aliphatic rings. The number of carbonyl (C=O) groups is 1. The maximum Gasteiger partial charge on any atom is 0.416 e. The molecule has 0 aliphatic carbocycles. The van der Waals surface area contributed by atoms with E-state index in [0.29, 0.717) is 18.4 Å². The highest BCUT2D eigenvalue weighted by molar-refractivity contribution is 5.76. The van der Waals surface area contributed by atoms with E-state index in [1.807, 2.05) is 0 Å². The van der Waals surface area contributed by atoms with Crippen LogP contribution >= 0.6 is 0 Å². The van der Waals surface area contributed by atoms with Gasteiger partial charge in [-0.2, -0.15) is 13.2 Å². The first-order chi connectivity index (χ1) is 7.97. The van der Waals surface area contributed by atoms with Crippen molar-refractivity contribution in [1.82, 2.24) is 10.9 Å². The zero-order chi connectivity index (χ0) is 12.5. The molecule has 0 radical (unpaired) electrons. The summed E-state index contributed by atoms with van der Waals surface area (Å²) in [5.74, 6) is -0.145. The Morgan fingerprint density at radius 3 is 2.65 bits per heavy atom. The highest BCUT2D eigenvalue weighted by atomic mass is 19.4. The largest absolute Gasteiger partial charge is 0.416 e. The molecule has 1 aromatic carbocycles. The number of hydrogen-bond donors (Lipinski definition) is 2. The molecule has 1 amide bonds. The molecule has 17 heavy (non-hydrogen) atoms. The number of halogens is 3. The highest BCUT2D eigenvalue weighted by Gasteiger charge is 2.31. The predicted octanol–water partition coefficient (Wildman–Crippen LogP) is 2.16. The van der Waals surface area contributed by atoms with Crippen molar-refractivity contribution in [1.29, 1.82) is 0 Å². The molecular formula is C11H11F3N2O. The van der Waals surface area contributed by atoms with Crippen molar-refractivity contribution >= 4 is 5.91 Å². The van der Waals surface area contributed by atoms with Gasteiger partial charge in [-0.15, -0.1) is 0 Å². The van der Waals surface area contributed by atoms with Gasteiger partial charge in [-0.3, -0.25) is 10.2 Å². The van der Waals surface area contributed by atoms with Gasteiger partial charge in [-0.25, -0.2) is 5.43 Å². The van der Waals surface area contributed by atoms with Crippen molar-refractivity contribution in [2.24, 2.45) is 0 Å². The van der Waals surface area contributed by atoms with Crippen molar-refractivity contribution in [3.8, 4) is 0 Å². The number of carbonyl (C=O) groups excluding carboxylic acids is 1. The molecule has 92 valence electrons. The first kappa shape index (κ1) is 11.9. The summed E-state index contributed by atoms with van der Waals surface area (Å²) in [6, 6.07) is 4.86. The van der Waals surface area contributed by atoms with Gasteiger partial charge in [0.15, 0.2) is 0 Å². The molecule has 1 saturated heterocycles. The van der Waals surface area contributed by atoms with Crippen molar-refractivity contribution in [2.45, 2.75) is 25.1 Å². The van der Waals surface area contributed by atoms with E-state index in [0.717, 1.165) is 12.1 Å². The van der Waals surface area contributed by atoms with Crippen LogP contribution in [-0.2, 0) is 11.0 Å². The fourth-order valence-electron chi connectivity index (χ4n) is 1.76. The number of rotatable bonds is 1. The monoisotopic (exact) mass is 244 g/mol. The first-order valence-corrected chi connectivity index (χ1v) is 5.18. The molecule has 0 bridgehead atoms. The van der Waals surface area contributed by atoms with Gasteiger partial charge < -0.3 is 0 Å². The van der Waals surface area contributed by atoms with Crippen molar-refractivity contribution in [3.63, 3.8) is 0 Å². The average molecular weight is 244 g/mol. The molecule has 1 heterocycles. The number of benzene rings is 1. The molecule has 1 aromatic rings. The molecule has 0 spiro atoms. The molecule has 2 rings (SSSR count). The molecule has 1 unspecified atom stereocenters. The normalized spacial score (nSPS) is 21.1. The third-order valence-corrected chi connectivity index (χ3v) is 2.66. The molecule has 1 aliphatic heterocycles. The minimum atomic E-state index is -4.34. The van der Waals surface area contributed by atoms with E-state index < -0.39 is 11.7 Å². The number of hydrogen-bond acceptors (Lipinski definition) is 2. The number of nitrogens with one attached hydrogen (secondary N) is 2. The second-order valence-corrected chi connectivity index (χ2v) is 3.91. The van der Waals surface area contributed by atoms with E-state index in [2.05, 4.69) is 10.9 Å². The summed E-state index contributed by atoms with van der Waals surface area (Å²) in [4.78, 5) is 10.9. The van der Waals surface area contributed by atoms with Crippen molar-refractivity contribution < 1.29 is 18.0 Å². The summed E-state index contributed by atoms with van der Waals surface area (Å²) in [5.41, 5.74) is 4.97. The molecule has 1 atom stereocenters. The lowest BCUT2D eigenvalue weighted by atomic mass is 9.99. The Morgan fingerprint density at radius 1 is 1.29 bits per heavy atom. The maximum absolute atomic E-state index is 12.5. The van der Waals surface area contributed by atoms with Crippen LogP contribution in [0.3, 0.4) is 0 Å². The fraction of sp³-hybridized carbons (Fsp3) is 0.364. The van der Waals surface area contributed by atoms with E-state index in [9.17, 15) is 18.0 Å². The predicted molar refractivity (Wildman–Crippen MR) is 54.7 cm³/mol. The Hall–Kier alpha value is -1.56. The lowest BCUT2D eigenvalue weighted by molar-refractivity contribution is -0.137. The van der Waals surface area contributed by atoms with Crippen LogP contribution in [0.2, 0.25) is 0 Å². The van der Waals surface area contributed by atoms with Crippen molar-refractivity contribution in [2.75, 3.05) is 0 Å². The number of hydrazine groups is 1. The third kappa shape index (κ3) is 2.76. The maximum atomic E-state index is 12.5. The third-order valence-electron chi connectivity index (χ3n) is 2.66. The van der Waals surface area contributed by atoms with E-state index >= 15 is 0 Å². The minimum Gasteiger partial charge on any atom is -0.291 e. The Morgan fingerprint density at radius 2 is 2.06 bits per heavy atom. The van der Waals surface area contributed by atoms with Gasteiger partial charge in [0.25, 0.3) is 0 Å². The van der Waals surface area contributed by atoms with E-state index in [4.69, 9.17) is 0 Å². The van der Waals surface area contributed by atoms with Crippen LogP contribution in [-0.4, -0.2) is 5.91 Å². The van der Waals surface area contributed by atoms with Gasteiger partial charge in [-0.1, -0.05) is 12.1 Å². The average Bonchev–Trinajstić information content (AvgIpc) is 2.29. The Balaban J connectivity index is 2.19. The van der Waals surface area contributed by atoms with Crippen LogP contribution in [0.4, 0.5) is 13.2 Å². The van der Waals surface area contributed by atoms with Crippen LogP contribution < -0.4 is 10.9 Å². The molecule has 3 nitrogen and oxygen atoms in total. The standard InChI is InChI=1S/C11H11F3N2O/c12-11(13,14)8-3-1-2-7(6-8)9-4-5-10(17)16-15-9/h1-3,6,9,15H,4-5H2,(H,16,17). The van der Waals surface area contributed by atoms with Gasteiger partial charge in [0.1, 0.15) is 0 Å². The zero-order valence-electron chi connectivity index (χ0n) is 8.84. The number of alkyl halides is 3. The first-order valence-electron chi connectivity index (χ1n) is 5.18. The summed E-state index contributed by atoms with van der Waals surface area (Å²) in [6.07, 6.45) is -3.53. The van der Waals surface area contributed by atoms with E-state index in [-0.39, 0.29) is 11.9 Å². The van der Waals surface area contributed by atoms with Crippen LogP contribution in [0, 0.1) is 0 Å². The molecule has 2 N–H and O–H groups in total. The zero-order valence-corrected chi connectivity index (χ0v) is 8.84. The fourth-order valence-corrected chi connectivity index (χ4v) is 1.76. The van der Waals surface area contributed by atoms with E-state index in [1.54, 1.807) is 6.07 Å². The van der Waals surface area contributed by atoms with Crippen LogP contribution in [0.25, 0.3) is 0 Å². The smallest absolute Gasteiger partial charge is 0.291 e. The Bertz CT molecular complexity index is 421. The molecular weight excluding hydrogens is 233 g/mol. The summed E-state index contributed by atoms with van der Waals surface area (Å²) < 4.78 is 37.5. The minimum absolute atomic E-state index is 0.145. The molecule has 0 aromatic heterocycles. The Kier molecular flexibility index (Phi) is 3.06. The number of amides is 1. The molecule has 6 heteroatoms. The van der Waals surface area contributed by atoms with Gasteiger partial charge in [0.05, 0.1) is 11.6 Å².